The number of benzene rings is 2. The first-order valence-corrected chi connectivity index (χ1v) is 7.88. The van der Waals surface area contributed by atoms with E-state index in [2.05, 4.69) is 21.4 Å². The molecule has 134 valence electrons. The average molecular weight is 374 g/mol. The number of rotatable bonds is 6. The number of amides is 1. The molecule has 0 radical (unpaired) electrons. The maximum Gasteiger partial charge on any atom is 0.440 e. The molecule has 0 atom stereocenters. The molecule has 1 amide bonds. The van der Waals surface area contributed by atoms with Crippen LogP contribution in [0.3, 0.4) is 0 Å². The van der Waals surface area contributed by atoms with Gasteiger partial charge in [0.05, 0.1) is 29.5 Å². The second kappa shape index (κ2) is 9.30. The maximum atomic E-state index is 11.1. The molecule has 0 aromatic heterocycles. The van der Waals surface area contributed by atoms with E-state index in [1.165, 1.54) is 7.11 Å². The summed E-state index contributed by atoms with van der Waals surface area (Å²) in [5.74, 6) is 0.235. The van der Waals surface area contributed by atoms with Crippen LogP contribution in [0.25, 0.3) is 0 Å². The monoisotopic (exact) mass is 373 g/mol. The number of hydroxylamine groups is 1. The van der Waals surface area contributed by atoms with Crippen LogP contribution in [-0.2, 0) is 16.2 Å². The van der Waals surface area contributed by atoms with Gasteiger partial charge >= 0.3 is 6.09 Å². The lowest BCUT2D eigenvalue weighted by Gasteiger charge is -2.09. The number of methoxy groups -OCH3 is 1. The highest BCUT2D eigenvalue weighted by Crippen LogP contribution is 2.25. The summed E-state index contributed by atoms with van der Waals surface area (Å²) in [6.45, 7) is 1.92. The van der Waals surface area contributed by atoms with Gasteiger partial charge in [-0.2, -0.15) is 10.7 Å². The van der Waals surface area contributed by atoms with Crippen LogP contribution in [0.4, 0.5) is 4.79 Å². The first-order valence-electron chi connectivity index (χ1n) is 7.50. The van der Waals surface area contributed by atoms with Gasteiger partial charge in [-0.1, -0.05) is 41.0 Å². The quantitative estimate of drug-likeness (QED) is 0.614. The standard InChI is InChI=1S/C18H16ClN3O4/c1-12(21-25-11-15-6-4-3-5-14(15)10-20)13-7-8-16(19)17(9-13)26-22-18(23)24-2/h3-9H,11H2,1-2H3,(H,22,23)/b21-12+. The van der Waals surface area contributed by atoms with Crippen molar-refractivity contribution in [1.29, 1.82) is 5.26 Å². The summed E-state index contributed by atoms with van der Waals surface area (Å²) in [5.41, 5.74) is 4.62. The van der Waals surface area contributed by atoms with Crippen LogP contribution in [-0.4, -0.2) is 18.9 Å². The van der Waals surface area contributed by atoms with Crippen molar-refractivity contribution in [3.8, 4) is 11.8 Å². The molecule has 0 spiro atoms. The zero-order chi connectivity index (χ0) is 18.9. The van der Waals surface area contributed by atoms with E-state index in [0.717, 1.165) is 5.56 Å². The molecule has 0 saturated carbocycles. The Labute approximate surface area is 155 Å². The first kappa shape index (κ1) is 19.1. The van der Waals surface area contributed by atoms with Crippen molar-refractivity contribution in [2.75, 3.05) is 7.11 Å². The van der Waals surface area contributed by atoms with Crippen molar-refractivity contribution in [2.45, 2.75) is 13.5 Å². The topological polar surface area (TPSA) is 92.9 Å². The van der Waals surface area contributed by atoms with Crippen LogP contribution < -0.4 is 10.3 Å². The van der Waals surface area contributed by atoms with E-state index in [1.807, 2.05) is 6.07 Å². The lowest BCUT2D eigenvalue weighted by atomic mass is 10.1. The minimum absolute atomic E-state index is 0.169. The van der Waals surface area contributed by atoms with Crippen LogP contribution in [0.15, 0.2) is 47.6 Å². The zero-order valence-corrected chi connectivity index (χ0v) is 14.9. The van der Waals surface area contributed by atoms with Gasteiger partial charge in [0.25, 0.3) is 0 Å². The van der Waals surface area contributed by atoms with E-state index in [1.54, 1.807) is 43.3 Å². The predicted octanol–water partition coefficient (Wildman–Crippen LogP) is 3.80. The second-order valence-electron chi connectivity index (χ2n) is 5.06. The Bertz CT molecular complexity index is 862. The van der Waals surface area contributed by atoms with Gasteiger partial charge in [0.1, 0.15) is 6.61 Å². The number of carbonyl (C=O) groups is 1. The van der Waals surface area contributed by atoms with Crippen molar-refractivity contribution in [3.63, 3.8) is 0 Å². The molecule has 2 aromatic carbocycles. The van der Waals surface area contributed by atoms with Crippen molar-refractivity contribution in [3.05, 3.63) is 64.2 Å². The van der Waals surface area contributed by atoms with E-state index in [9.17, 15) is 4.79 Å². The summed E-state index contributed by atoms with van der Waals surface area (Å²) in [6.07, 6.45) is -0.753. The van der Waals surface area contributed by atoms with Crippen molar-refractivity contribution in [1.82, 2.24) is 5.48 Å². The minimum Gasteiger partial charge on any atom is -0.451 e. The van der Waals surface area contributed by atoms with Gasteiger partial charge in [-0.05, 0) is 25.1 Å². The summed E-state index contributed by atoms with van der Waals surface area (Å²) in [7, 11) is 1.22. The molecule has 2 rings (SSSR count). The third-order valence-electron chi connectivity index (χ3n) is 3.34. The lowest BCUT2D eigenvalue weighted by Crippen LogP contribution is -2.26. The molecule has 0 aliphatic rings. The molecular weight excluding hydrogens is 358 g/mol. The largest absolute Gasteiger partial charge is 0.451 e. The summed E-state index contributed by atoms with van der Waals surface area (Å²) >= 11 is 6.03. The molecule has 7 nitrogen and oxygen atoms in total. The van der Waals surface area contributed by atoms with Crippen molar-refractivity contribution < 1.29 is 19.2 Å². The molecule has 0 unspecified atom stereocenters. The van der Waals surface area contributed by atoms with Crippen molar-refractivity contribution in [2.24, 2.45) is 5.16 Å². The number of halogens is 1. The van der Waals surface area contributed by atoms with Gasteiger partial charge in [0.15, 0.2) is 5.75 Å². The fourth-order valence-corrected chi connectivity index (χ4v) is 2.11. The van der Waals surface area contributed by atoms with E-state index < -0.39 is 6.09 Å². The molecule has 0 bridgehead atoms. The SMILES string of the molecule is COC(=O)NOc1cc(/C(C)=N/OCc2ccccc2C#N)ccc1Cl. The highest BCUT2D eigenvalue weighted by Gasteiger charge is 2.09. The van der Waals surface area contributed by atoms with E-state index in [-0.39, 0.29) is 12.4 Å². The molecule has 26 heavy (non-hydrogen) atoms. The normalized spacial score (nSPS) is 10.6. The van der Waals surface area contributed by atoms with E-state index >= 15 is 0 Å². The molecule has 0 aliphatic heterocycles. The molecule has 0 fully saturated rings. The van der Waals surface area contributed by atoms with Gasteiger partial charge in [0.2, 0.25) is 0 Å². The Kier molecular flexibility index (Phi) is 6.83. The lowest BCUT2D eigenvalue weighted by molar-refractivity contribution is 0.118. The van der Waals surface area contributed by atoms with Gasteiger partial charge in [-0.15, -0.1) is 0 Å². The van der Waals surface area contributed by atoms with E-state index in [4.69, 9.17) is 26.5 Å². The number of hydrogen-bond donors (Lipinski definition) is 1. The Morgan fingerprint density at radius 2 is 2.08 bits per heavy atom. The Morgan fingerprint density at radius 1 is 1.31 bits per heavy atom. The fraction of sp³-hybridized carbons (Fsp3) is 0.167. The van der Waals surface area contributed by atoms with Gasteiger partial charge < -0.3 is 14.4 Å². The van der Waals surface area contributed by atoms with Crippen LogP contribution >= 0.6 is 11.6 Å². The van der Waals surface area contributed by atoms with Crippen LogP contribution in [0.2, 0.25) is 5.02 Å². The Morgan fingerprint density at radius 3 is 2.81 bits per heavy atom. The third kappa shape index (κ3) is 5.13. The van der Waals surface area contributed by atoms with Gasteiger partial charge in [-0.25, -0.2) is 4.79 Å². The van der Waals surface area contributed by atoms with E-state index in [0.29, 0.717) is 21.9 Å². The highest BCUT2D eigenvalue weighted by atomic mass is 35.5. The number of oxime groups is 1. The Hall–Kier alpha value is -3.24. The molecular formula is C18H16ClN3O4. The number of nitrogens with zero attached hydrogens (tertiary/aromatic N) is 2. The third-order valence-corrected chi connectivity index (χ3v) is 3.65. The number of nitriles is 1. The molecule has 0 aliphatic carbocycles. The number of nitrogens with one attached hydrogen (secondary N) is 1. The smallest absolute Gasteiger partial charge is 0.440 e. The molecule has 8 heteroatoms. The summed E-state index contributed by atoms with van der Waals surface area (Å²) in [6, 6.07) is 14.2. The summed E-state index contributed by atoms with van der Waals surface area (Å²) < 4.78 is 4.42. The molecule has 0 heterocycles. The maximum absolute atomic E-state index is 11.1. The average Bonchev–Trinajstić information content (AvgIpc) is 2.67. The van der Waals surface area contributed by atoms with Crippen LogP contribution in [0, 0.1) is 11.3 Å². The second-order valence-corrected chi connectivity index (χ2v) is 5.47. The van der Waals surface area contributed by atoms with Gasteiger partial charge in [0, 0.05) is 11.1 Å². The Balaban J connectivity index is 2.06. The summed E-state index contributed by atoms with van der Waals surface area (Å²) in [4.78, 5) is 21.5. The molecule has 1 N–H and O–H groups in total. The van der Waals surface area contributed by atoms with Gasteiger partial charge in [-0.3, -0.25) is 0 Å². The number of ether oxygens (including phenoxy) is 1. The highest BCUT2D eigenvalue weighted by molar-refractivity contribution is 6.32. The van der Waals surface area contributed by atoms with Crippen LogP contribution in [0.1, 0.15) is 23.6 Å². The molecule has 2 aromatic rings. The van der Waals surface area contributed by atoms with Crippen molar-refractivity contribution >= 4 is 23.4 Å². The first-order chi connectivity index (χ1) is 12.5. The number of carbonyl (C=O) groups excluding carboxylic acids is 1. The predicted molar refractivity (Wildman–Crippen MR) is 95.8 cm³/mol. The zero-order valence-electron chi connectivity index (χ0n) is 14.2. The minimum atomic E-state index is -0.753. The van der Waals surface area contributed by atoms with Crippen LogP contribution in [0.5, 0.6) is 5.75 Å². The fourth-order valence-electron chi connectivity index (χ4n) is 1.95. The number of hydrogen-bond acceptors (Lipinski definition) is 6. The summed E-state index contributed by atoms with van der Waals surface area (Å²) in [5, 5.41) is 13.4. The molecule has 0 saturated heterocycles.